The van der Waals surface area contributed by atoms with Crippen LogP contribution in [-0.2, 0) is 9.59 Å². The minimum Gasteiger partial charge on any atom is -0.324 e. The van der Waals surface area contributed by atoms with Gasteiger partial charge < -0.3 is 9.80 Å². The molecule has 2 heterocycles. The standard InChI is InChI=1S/C19H14ClN3O2S/c1-22(12-9-7-11(20)8-10-12)19-21-17(24)16(26-19)15-13-5-3-4-6-14(13)23(2)18(15)25/h3-10H,1-2H3. The van der Waals surface area contributed by atoms with Gasteiger partial charge in [-0.05, 0) is 42.1 Å². The number of hydrogen-bond acceptors (Lipinski definition) is 4. The molecule has 0 saturated heterocycles. The number of nitrogens with zero attached hydrogens (tertiary/aromatic N) is 3. The van der Waals surface area contributed by atoms with Crippen molar-refractivity contribution in [2.45, 2.75) is 0 Å². The van der Waals surface area contributed by atoms with Gasteiger partial charge in [-0.2, -0.15) is 4.99 Å². The van der Waals surface area contributed by atoms with Crippen LogP contribution in [-0.4, -0.2) is 31.1 Å². The number of thioether (sulfide) groups is 1. The lowest BCUT2D eigenvalue weighted by Crippen LogP contribution is -2.22. The summed E-state index contributed by atoms with van der Waals surface area (Å²) in [6.07, 6.45) is 0. The number of likely N-dealkylation sites (N-methyl/N-ethyl adjacent to an activating group) is 1. The summed E-state index contributed by atoms with van der Waals surface area (Å²) in [5.74, 6) is -0.577. The van der Waals surface area contributed by atoms with Crippen molar-refractivity contribution in [2.75, 3.05) is 23.9 Å². The molecule has 2 aliphatic heterocycles. The first-order valence-electron chi connectivity index (χ1n) is 7.89. The van der Waals surface area contributed by atoms with E-state index in [1.165, 1.54) is 11.8 Å². The number of amides is 2. The molecule has 0 bridgehead atoms. The van der Waals surface area contributed by atoms with Crippen molar-refractivity contribution in [1.82, 2.24) is 0 Å². The van der Waals surface area contributed by atoms with Gasteiger partial charge >= 0.3 is 0 Å². The maximum Gasteiger partial charge on any atom is 0.287 e. The Morgan fingerprint density at radius 1 is 1.08 bits per heavy atom. The first-order valence-corrected chi connectivity index (χ1v) is 9.08. The molecule has 0 saturated carbocycles. The van der Waals surface area contributed by atoms with Crippen LogP contribution in [0, 0.1) is 0 Å². The van der Waals surface area contributed by atoms with Crippen LogP contribution in [0.5, 0.6) is 0 Å². The van der Waals surface area contributed by atoms with Crippen LogP contribution < -0.4 is 9.80 Å². The Bertz CT molecular complexity index is 998. The van der Waals surface area contributed by atoms with Crippen LogP contribution in [0.2, 0.25) is 5.02 Å². The lowest BCUT2D eigenvalue weighted by Gasteiger charge is -2.17. The van der Waals surface area contributed by atoms with E-state index in [-0.39, 0.29) is 11.8 Å². The Labute approximate surface area is 160 Å². The summed E-state index contributed by atoms with van der Waals surface area (Å²) < 4.78 is 0. The third-order valence-corrected chi connectivity index (χ3v) is 5.75. The highest BCUT2D eigenvalue weighted by atomic mass is 35.5. The minimum absolute atomic E-state index is 0.187. The van der Waals surface area contributed by atoms with E-state index in [2.05, 4.69) is 4.99 Å². The van der Waals surface area contributed by atoms with Gasteiger partial charge in [0.15, 0.2) is 5.17 Å². The molecule has 0 aliphatic carbocycles. The molecule has 2 aromatic carbocycles. The number of rotatable bonds is 1. The van der Waals surface area contributed by atoms with Crippen molar-refractivity contribution in [2.24, 2.45) is 4.99 Å². The Morgan fingerprint density at radius 3 is 2.50 bits per heavy atom. The lowest BCUT2D eigenvalue weighted by atomic mass is 10.1. The molecule has 0 aromatic heterocycles. The molecule has 0 fully saturated rings. The van der Waals surface area contributed by atoms with Crippen molar-refractivity contribution < 1.29 is 9.59 Å². The fourth-order valence-corrected chi connectivity index (χ4v) is 4.07. The normalized spacial score (nSPS) is 19.0. The van der Waals surface area contributed by atoms with Crippen LogP contribution in [0.15, 0.2) is 58.4 Å². The van der Waals surface area contributed by atoms with Gasteiger partial charge in [-0.3, -0.25) is 9.59 Å². The Hall–Kier alpha value is -2.57. The maximum absolute atomic E-state index is 12.7. The number of anilines is 2. The summed E-state index contributed by atoms with van der Waals surface area (Å²) in [7, 11) is 3.53. The summed E-state index contributed by atoms with van der Waals surface area (Å²) >= 11 is 7.15. The molecule has 2 amide bonds. The predicted octanol–water partition coefficient (Wildman–Crippen LogP) is 3.79. The smallest absolute Gasteiger partial charge is 0.287 e. The van der Waals surface area contributed by atoms with Gasteiger partial charge in [0.25, 0.3) is 11.8 Å². The number of amidine groups is 1. The second-order valence-corrected chi connectivity index (χ2v) is 7.34. The number of hydrogen-bond donors (Lipinski definition) is 0. The first kappa shape index (κ1) is 16.9. The molecule has 130 valence electrons. The number of para-hydroxylation sites is 1. The molecule has 2 aliphatic rings. The predicted molar refractivity (Wildman–Crippen MR) is 107 cm³/mol. The van der Waals surface area contributed by atoms with E-state index in [1.807, 2.05) is 48.3 Å². The van der Waals surface area contributed by atoms with Crippen molar-refractivity contribution >= 4 is 57.3 Å². The highest BCUT2D eigenvalue weighted by Gasteiger charge is 2.37. The molecule has 0 atom stereocenters. The molecular formula is C19H14ClN3O2S. The van der Waals surface area contributed by atoms with E-state index in [0.717, 1.165) is 16.9 Å². The maximum atomic E-state index is 12.7. The first-order chi connectivity index (χ1) is 12.5. The SMILES string of the molecule is CN(C1=NC(=O)C(=C2C(=O)N(C)c3ccccc32)S1)c1ccc(Cl)cc1. The van der Waals surface area contributed by atoms with E-state index in [0.29, 0.717) is 20.7 Å². The van der Waals surface area contributed by atoms with Gasteiger partial charge in [0.2, 0.25) is 0 Å². The molecule has 0 unspecified atom stereocenters. The molecular weight excluding hydrogens is 370 g/mol. The number of carbonyl (C=O) groups is 2. The summed E-state index contributed by atoms with van der Waals surface area (Å²) in [5.41, 5.74) is 2.84. The molecule has 26 heavy (non-hydrogen) atoms. The average Bonchev–Trinajstić information content (AvgIpc) is 3.14. The van der Waals surface area contributed by atoms with E-state index in [4.69, 9.17) is 11.6 Å². The summed E-state index contributed by atoms with van der Waals surface area (Å²) in [6, 6.07) is 14.7. The molecule has 0 N–H and O–H groups in total. The molecule has 0 spiro atoms. The van der Waals surface area contributed by atoms with Crippen LogP contribution in [0.3, 0.4) is 0 Å². The fraction of sp³-hybridized carbons (Fsp3) is 0.105. The second-order valence-electron chi connectivity index (χ2n) is 5.92. The van der Waals surface area contributed by atoms with Crippen LogP contribution in [0.25, 0.3) is 5.57 Å². The lowest BCUT2D eigenvalue weighted by molar-refractivity contribution is -0.115. The van der Waals surface area contributed by atoms with Crippen molar-refractivity contribution in [3.05, 3.63) is 64.0 Å². The summed E-state index contributed by atoms with van der Waals surface area (Å²) in [6.45, 7) is 0. The highest BCUT2D eigenvalue weighted by Crippen LogP contribution is 2.43. The number of benzene rings is 2. The van der Waals surface area contributed by atoms with E-state index >= 15 is 0 Å². The highest BCUT2D eigenvalue weighted by molar-refractivity contribution is 8.19. The van der Waals surface area contributed by atoms with Crippen LogP contribution in [0.1, 0.15) is 5.56 Å². The van der Waals surface area contributed by atoms with Gasteiger partial charge in [0.05, 0.1) is 16.2 Å². The average molecular weight is 384 g/mol. The number of aliphatic imine (C=N–C) groups is 1. The zero-order chi connectivity index (χ0) is 18.4. The third-order valence-electron chi connectivity index (χ3n) is 4.37. The molecule has 5 nitrogen and oxygen atoms in total. The molecule has 2 aromatic rings. The van der Waals surface area contributed by atoms with Gasteiger partial charge in [-0.25, -0.2) is 0 Å². The van der Waals surface area contributed by atoms with Gasteiger partial charge in [0.1, 0.15) is 0 Å². The Kier molecular flexibility index (Phi) is 4.09. The van der Waals surface area contributed by atoms with Gasteiger partial charge in [-0.1, -0.05) is 29.8 Å². The number of fused-ring (bicyclic) bond motifs is 1. The topological polar surface area (TPSA) is 53.0 Å². The zero-order valence-corrected chi connectivity index (χ0v) is 15.6. The fourth-order valence-electron chi connectivity index (χ4n) is 2.96. The monoisotopic (exact) mass is 383 g/mol. The summed E-state index contributed by atoms with van der Waals surface area (Å²) in [4.78, 5) is 33.1. The zero-order valence-electron chi connectivity index (χ0n) is 14.1. The largest absolute Gasteiger partial charge is 0.324 e. The number of carbonyl (C=O) groups excluding carboxylic acids is 2. The van der Waals surface area contributed by atoms with Crippen molar-refractivity contribution in [1.29, 1.82) is 0 Å². The molecule has 0 radical (unpaired) electrons. The summed E-state index contributed by atoms with van der Waals surface area (Å²) in [5, 5.41) is 1.16. The molecule has 7 heteroatoms. The third kappa shape index (κ3) is 2.62. The van der Waals surface area contributed by atoms with Crippen molar-refractivity contribution in [3.8, 4) is 0 Å². The van der Waals surface area contributed by atoms with E-state index < -0.39 is 0 Å². The van der Waals surface area contributed by atoms with Crippen LogP contribution >= 0.6 is 23.4 Å². The van der Waals surface area contributed by atoms with E-state index in [1.54, 1.807) is 24.1 Å². The van der Waals surface area contributed by atoms with E-state index in [9.17, 15) is 9.59 Å². The quantitative estimate of drug-likeness (QED) is 0.703. The number of halogens is 1. The Morgan fingerprint density at radius 2 is 1.77 bits per heavy atom. The Balaban J connectivity index is 1.71. The van der Waals surface area contributed by atoms with Gasteiger partial charge in [-0.15, -0.1) is 0 Å². The molecule has 4 rings (SSSR count). The second kappa shape index (κ2) is 6.30. The van der Waals surface area contributed by atoms with Gasteiger partial charge in [0, 0.05) is 30.4 Å². The van der Waals surface area contributed by atoms with Crippen molar-refractivity contribution in [3.63, 3.8) is 0 Å². The minimum atomic E-state index is -0.390. The van der Waals surface area contributed by atoms with Crippen LogP contribution in [0.4, 0.5) is 11.4 Å².